The molecule has 2 rings (SSSR count). The molecule has 4 nitrogen and oxygen atoms in total. The van der Waals surface area contributed by atoms with E-state index in [-0.39, 0.29) is 17.9 Å². The first kappa shape index (κ1) is 14.9. The highest BCUT2D eigenvalue weighted by Crippen LogP contribution is 2.26. The second-order valence-corrected chi connectivity index (χ2v) is 5.36. The minimum Gasteiger partial charge on any atom is -0.497 e. The Kier molecular flexibility index (Phi) is 5.01. The average molecular weight is 277 g/mol. The Hall–Kier alpha value is -1.55. The molecule has 1 heterocycles. The Morgan fingerprint density at radius 3 is 2.65 bits per heavy atom. The van der Waals surface area contributed by atoms with Crippen molar-refractivity contribution < 1.29 is 14.6 Å². The van der Waals surface area contributed by atoms with Crippen molar-refractivity contribution in [3.05, 3.63) is 29.8 Å². The van der Waals surface area contributed by atoms with Crippen LogP contribution in [0.15, 0.2) is 24.3 Å². The minimum atomic E-state index is -0.347. The number of β-amino-alcohol motifs (C(OH)–C–C–N with tert-alkyl or cyclic N) is 1. The molecule has 1 N–H and O–H groups in total. The highest BCUT2D eigenvalue weighted by molar-refractivity contribution is 5.77. The van der Waals surface area contributed by atoms with E-state index in [0.29, 0.717) is 25.9 Å². The third kappa shape index (κ3) is 3.51. The summed E-state index contributed by atoms with van der Waals surface area (Å²) in [5.41, 5.74) is 1.17. The predicted molar refractivity (Wildman–Crippen MR) is 77.8 cm³/mol. The van der Waals surface area contributed by atoms with Gasteiger partial charge in [-0.25, -0.2) is 0 Å². The van der Waals surface area contributed by atoms with Crippen LogP contribution >= 0.6 is 0 Å². The van der Waals surface area contributed by atoms with Gasteiger partial charge in [0.15, 0.2) is 0 Å². The number of rotatable bonds is 5. The lowest BCUT2D eigenvalue weighted by molar-refractivity contribution is -0.130. The molecule has 4 heteroatoms. The summed E-state index contributed by atoms with van der Waals surface area (Å²) >= 11 is 0. The summed E-state index contributed by atoms with van der Waals surface area (Å²) in [6.45, 7) is 3.26. The summed E-state index contributed by atoms with van der Waals surface area (Å²) in [5, 5.41) is 9.51. The van der Waals surface area contributed by atoms with Gasteiger partial charge in [-0.15, -0.1) is 0 Å². The van der Waals surface area contributed by atoms with E-state index >= 15 is 0 Å². The molecule has 0 saturated carbocycles. The maximum absolute atomic E-state index is 12.2. The molecule has 1 fully saturated rings. The lowest BCUT2D eigenvalue weighted by Gasteiger charge is -2.20. The molecule has 1 aliphatic heterocycles. The number of nitrogens with zero attached hydrogens (tertiary/aromatic N) is 1. The van der Waals surface area contributed by atoms with Crippen LogP contribution in [0.25, 0.3) is 0 Å². The zero-order valence-corrected chi connectivity index (χ0v) is 12.2. The van der Waals surface area contributed by atoms with Gasteiger partial charge >= 0.3 is 0 Å². The highest BCUT2D eigenvalue weighted by atomic mass is 16.5. The van der Waals surface area contributed by atoms with Crippen molar-refractivity contribution in [1.29, 1.82) is 0 Å². The molecule has 0 bridgehead atoms. The van der Waals surface area contributed by atoms with Crippen LogP contribution in [0, 0.1) is 0 Å². The summed E-state index contributed by atoms with van der Waals surface area (Å²) in [6.07, 6.45) is 1.79. The second kappa shape index (κ2) is 6.75. The average Bonchev–Trinajstić information content (AvgIpc) is 2.91. The van der Waals surface area contributed by atoms with Crippen molar-refractivity contribution >= 4 is 5.91 Å². The van der Waals surface area contributed by atoms with Gasteiger partial charge in [0, 0.05) is 19.5 Å². The maximum atomic E-state index is 12.2. The lowest BCUT2D eigenvalue weighted by Crippen LogP contribution is -2.30. The summed E-state index contributed by atoms with van der Waals surface area (Å²) < 4.78 is 5.15. The lowest BCUT2D eigenvalue weighted by atomic mass is 9.92. The van der Waals surface area contributed by atoms with Crippen molar-refractivity contribution in [3.8, 4) is 5.75 Å². The number of methoxy groups -OCH3 is 1. The zero-order valence-electron chi connectivity index (χ0n) is 12.2. The fourth-order valence-corrected chi connectivity index (χ4v) is 2.68. The largest absolute Gasteiger partial charge is 0.497 e. The Bertz CT molecular complexity index is 444. The Morgan fingerprint density at radius 2 is 2.15 bits per heavy atom. The van der Waals surface area contributed by atoms with Crippen molar-refractivity contribution in [2.75, 3.05) is 20.2 Å². The SMILES string of the molecule is CCC(CC(=O)N1CC[C@H](O)C1)c1ccc(OC)cc1. The molecule has 110 valence electrons. The van der Waals surface area contributed by atoms with Crippen molar-refractivity contribution in [2.45, 2.75) is 38.2 Å². The standard InChI is InChI=1S/C16H23NO3/c1-3-12(13-4-6-15(20-2)7-5-13)10-16(19)17-9-8-14(18)11-17/h4-7,12,14,18H,3,8-11H2,1-2H3/t12?,14-/m0/s1. The van der Waals surface area contributed by atoms with Crippen LogP contribution in [0.1, 0.15) is 37.7 Å². The molecule has 2 atom stereocenters. The van der Waals surface area contributed by atoms with E-state index in [0.717, 1.165) is 12.2 Å². The highest BCUT2D eigenvalue weighted by Gasteiger charge is 2.26. The quantitative estimate of drug-likeness (QED) is 0.897. The number of amides is 1. The van der Waals surface area contributed by atoms with Gasteiger partial charge in [0.05, 0.1) is 13.2 Å². The fourth-order valence-electron chi connectivity index (χ4n) is 2.68. The number of benzene rings is 1. The molecule has 0 aliphatic carbocycles. The molecule has 20 heavy (non-hydrogen) atoms. The minimum absolute atomic E-state index is 0.143. The van der Waals surface area contributed by atoms with E-state index in [9.17, 15) is 9.90 Å². The molecule has 1 aromatic carbocycles. The molecule has 1 amide bonds. The van der Waals surface area contributed by atoms with Crippen LogP contribution in [0.4, 0.5) is 0 Å². The van der Waals surface area contributed by atoms with Crippen LogP contribution in [0.5, 0.6) is 5.75 Å². The normalized spacial score (nSPS) is 19.9. The van der Waals surface area contributed by atoms with Gasteiger partial charge in [-0.3, -0.25) is 4.79 Å². The molecule has 1 saturated heterocycles. The summed E-state index contributed by atoms with van der Waals surface area (Å²) in [5.74, 6) is 1.20. The first-order valence-electron chi connectivity index (χ1n) is 7.23. The van der Waals surface area contributed by atoms with E-state index < -0.39 is 0 Å². The third-order valence-electron chi connectivity index (χ3n) is 4.02. The number of aliphatic hydroxyl groups is 1. The number of hydrogen-bond acceptors (Lipinski definition) is 3. The summed E-state index contributed by atoms with van der Waals surface area (Å²) in [6, 6.07) is 7.92. The van der Waals surface area contributed by atoms with E-state index in [1.807, 2.05) is 24.3 Å². The van der Waals surface area contributed by atoms with Gasteiger partial charge in [-0.2, -0.15) is 0 Å². The number of carbonyl (C=O) groups is 1. The number of aliphatic hydroxyl groups excluding tert-OH is 1. The first-order valence-corrected chi connectivity index (χ1v) is 7.23. The van der Waals surface area contributed by atoms with Gasteiger partial charge in [-0.05, 0) is 36.5 Å². The summed E-state index contributed by atoms with van der Waals surface area (Å²) in [7, 11) is 1.65. The molecular formula is C16H23NO3. The second-order valence-electron chi connectivity index (χ2n) is 5.36. The summed E-state index contributed by atoms with van der Waals surface area (Å²) in [4.78, 5) is 14.0. The van der Waals surface area contributed by atoms with Gasteiger partial charge in [0.1, 0.15) is 5.75 Å². The predicted octanol–water partition coefficient (Wildman–Crippen LogP) is 2.17. The molecule has 0 radical (unpaired) electrons. The number of ether oxygens (including phenoxy) is 1. The van der Waals surface area contributed by atoms with Crippen LogP contribution in [-0.4, -0.2) is 42.2 Å². The molecule has 0 aromatic heterocycles. The monoisotopic (exact) mass is 277 g/mol. The number of likely N-dealkylation sites (tertiary alicyclic amines) is 1. The Morgan fingerprint density at radius 1 is 1.45 bits per heavy atom. The molecular weight excluding hydrogens is 254 g/mol. The van der Waals surface area contributed by atoms with Gasteiger partial charge < -0.3 is 14.7 Å². The molecule has 1 unspecified atom stereocenters. The van der Waals surface area contributed by atoms with Crippen molar-refractivity contribution in [2.24, 2.45) is 0 Å². The Balaban J connectivity index is 1.99. The van der Waals surface area contributed by atoms with Crippen LogP contribution in [0.3, 0.4) is 0 Å². The van der Waals surface area contributed by atoms with Gasteiger partial charge in [-0.1, -0.05) is 19.1 Å². The van der Waals surface area contributed by atoms with Crippen molar-refractivity contribution in [1.82, 2.24) is 4.90 Å². The van der Waals surface area contributed by atoms with E-state index in [1.165, 1.54) is 5.56 Å². The number of carbonyl (C=O) groups excluding carboxylic acids is 1. The maximum Gasteiger partial charge on any atom is 0.223 e. The van der Waals surface area contributed by atoms with Gasteiger partial charge in [0.2, 0.25) is 5.91 Å². The van der Waals surface area contributed by atoms with Gasteiger partial charge in [0.25, 0.3) is 0 Å². The topological polar surface area (TPSA) is 49.8 Å². The molecule has 0 spiro atoms. The van der Waals surface area contributed by atoms with E-state index in [4.69, 9.17) is 4.74 Å². The molecule has 1 aliphatic rings. The van der Waals surface area contributed by atoms with E-state index in [2.05, 4.69) is 6.92 Å². The smallest absolute Gasteiger partial charge is 0.223 e. The third-order valence-corrected chi connectivity index (χ3v) is 4.02. The fraction of sp³-hybridized carbons (Fsp3) is 0.562. The van der Waals surface area contributed by atoms with Crippen molar-refractivity contribution in [3.63, 3.8) is 0 Å². The van der Waals surface area contributed by atoms with Crippen LogP contribution in [-0.2, 0) is 4.79 Å². The number of hydrogen-bond donors (Lipinski definition) is 1. The molecule has 1 aromatic rings. The van der Waals surface area contributed by atoms with E-state index in [1.54, 1.807) is 12.0 Å². The Labute approximate surface area is 120 Å². The van der Waals surface area contributed by atoms with Crippen LogP contribution < -0.4 is 4.74 Å². The van der Waals surface area contributed by atoms with Crippen LogP contribution in [0.2, 0.25) is 0 Å². The zero-order chi connectivity index (χ0) is 14.5. The first-order chi connectivity index (χ1) is 9.63.